The molecule has 1 atom stereocenters. The molecule has 0 radical (unpaired) electrons. The van der Waals surface area contributed by atoms with Crippen molar-refractivity contribution in [1.82, 2.24) is 10.6 Å². The van der Waals surface area contributed by atoms with Crippen LogP contribution in [0.4, 0.5) is 0 Å². The summed E-state index contributed by atoms with van der Waals surface area (Å²) in [6.07, 6.45) is 3.30. The Hall–Kier alpha value is -2.07. The van der Waals surface area contributed by atoms with Crippen molar-refractivity contribution in [2.75, 3.05) is 20.2 Å². The molecule has 2 fully saturated rings. The molecule has 1 saturated carbocycles. The second-order valence-electron chi connectivity index (χ2n) is 7.05. The molecule has 1 aliphatic carbocycles. The van der Waals surface area contributed by atoms with Gasteiger partial charge >= 0.3 is 0 Å². The number of piperidine rings is 1. The molecule has 1 spiro atoms. The van der Waals surface area contributed by atoms with Gasteiger partial charge in [-0.05, 0) is 54.6 Å². The van der Waals surface area contributed by atoms with E-state index in [-0.39, 0.29) is 17.2 Å². The first-order chi connectivity index (χ1) is 11.7. The molecular weight excluding hydrogens is 300 g/mol. The molecule has 1 heterocycles. The van der Waals surface area contributed by atoms with E-state index in [9.17, 15) is 4.79 Å². The van der Waals surface area contributed by atoms with Crippen molar-refractivity contribution in [3.63, 3.8) is 0 Å². The Bertz CT molecular complexity index is 765. The highest BCUT2D eigenvalue weighted by Gasteiger charge is 2.57. The van der Waals surface area contributed by atoms with Crippen LogP contribution in [0.3, 0.4) is 0 Å². The lowest BCUT2D eigenvalue weighted by atomic mass is 9.91. The largest absolute Gasteiger partial charge is 0.496 e. The molecule has 0 aromatic heterocycles. The summed E-state index contributed by atoms with van der Waals surface area (Å²) >= 11 is 0. The average molecular weight is 324 g/mol. The Balaban J connectivity index is 1.50. The van der Waals surface area contributed by atoms with Crippen LogP contribution in [-0.2, 0) is 11.3 Å². The molecule has 24 heavy (non-hydrogen) atoms. The third-order valence-corrected chi connectivity index (χ3v) is 5.76. The van der Waals surface area contributed by atoms with Gasteiger partial charge in [0, 0.05) is 18.0 Å². The van der Waals surface area contributed by atoms with Crippen molar-refractivity contribution in [2.24, 2.45) is 11.3 Å². The van der Waals surface area contributed by atoms with Crippen LogP contribution >= 0.6 is 0 Å². The molecule has 2 aromatic carbocycles. The average Bonchev–Trinajstić information content (AvgIpc) is 3.32. The van der Waals surface area contributed by atoms with E-state index in [1.807, 2.05) is 18.2 Å². The summed E-state index contributed by atoms with van der Waals surface area (Å²) < 4.78 is 5.51. The predicted molar refractivity (Wildman–Crippen MR) is 95.0 cm³/mol. The number of carbonyl (C=O) groups is 1. The topological polar surface area (TPSA) is 50.4 Å². The first-order valence-corrected chi connectivity index (χ1v) is 8.77. The number of fused-ring (bicyclic) bond motifs is 1. The minimum Gasteiger partial charge on any atom is -0.496 e. The van der Waals surface area contributed by atoms with Crippen molar-refractivity contribution < 1.29 is 9.53 Å². The number of methoxy groups -OCH3 is 1. The lowest BCUT2D eigenvalue weighted by Gasteiger charge is -2.23. The zero-order valence-corrected chi connectivity index (χ0v) is 14.1. The highest BCUT2D eigenvalue weighted by molar-refractivity contribution is 5.89. The number of amides is 1. The van der Waals surface area contributed by atoms with E-state index >= 15 is 0 Å². The number of rotatable bonds is 4. The number of carbonyl (C=O) groups excluding carboxylic acids is 1. The van der Waals surface area contributed by atoms with E-state index in [1.54, 1.807) is 7.11 Å². The smallest absolute Gasteiger partial charge is 0.223 e. The van der Waals surface area contributed by atoms with Crippen molar-refractivity contribution in [2.45, 2.75) is 25.8 Å². The molecule has 2 N–H and O–H groups in total. The van der Waals surface area contributed by atoms with E-state index in [2.05, 4.69) is 28.8 Å². The Morgan fingerprint density at radius 2 is 2.04 bits per heavy atom. The quantitative estimate of drug-likeness (QED) is 0.909. The van der Waals surface area contributed by atoms with Crippen LogP contribution in [0.15, 0.2) is 36.4 Å². The van der Waals surface area contributed by atoms with Crippen molar-refractivity contribution in [3.8, 4) is 5.75 Å². The van der Waals surface area contributed by atoms with Crippen LogP contribution in [0, 0.1) is 11.3 Å². The summed E-state index contributed by atoms with van der Waals surface area (Å²) in [6.45, 7) is 2.61. The van der Waals surface area contributed by atoms with Crippen LogP contribution in [0.1, 0.15) is 24.8 Å². The Morgan fingerprint density at radius 3 is 2.83 bits per heavy atom. The molecular formula is C20H24N2O2. The van der Waals surface area contributed by atoms with E-state index in [4.69, 9.17) is 4.74 Å². The van der Waals surface area contributed by atoms with Crippen LogP contribution in [-0.4, -0.2) is 26.1 Å². The monoisotopic (exact) mass is 324 g/mol. The molecule has 4 nitrogen and oxygen atoms in total. The van der Waals surface area contributed by atoms with Gasteiger partial charge in [0.25, 0.3) is 0 Å². The summed E-state index contributed by atoms with van der Waals surface area (Å²) in [5.41, 5.74) is 1.34. The van der Waals surface area contributed by atoms with Crippen molar-refractivity contribution >= 4 is 16.7 Å². The third kappa shape index (κ3) is 2.65. The molecule has 2 aromatic rings. The van der Waals surface area contributed by atoms with Gasteiger partial charge in [-0.15, -0.1) is 0 Å². The van der Waals surface area contributed by atoms with E-state index < -0.39 is 0 Å². The highest BCUT2D eigenvalue weighted by Crippen LogP contribution is 2.58. The fourth-order valence-electron chi connectivity index (χ4n) is 4.18. The predicted octanol–water partition coefficient (Wildman–Crippen LogP) is 2.85. The maximum atomic E-state index is 12.6. The molecule has 1 aliphatic heterocycles. The molecule has 1 unspecified atom stereocenters. The van der Waals surface area contributed by atoms with Crippen molar-refractivity contribution in [1.29, 1.82) is 0 Å². The van der Waals surface area contributed by atoms with Gasteiger partial charge in [-0.1, -0.05) is 30.3 Å². The Morgan fingerprint density at radius 1 is 1.25 bits per heavy atom. The minimum absolute atomic E-state index is 0.195. The van der Waals surface area contributed by atoms with Gasteiger partial charge in [0.05, 0.1) is 7.11 Å². The summed E-state index contributed by atoms with van der Waals surface area (Å²) in [4.78, 5) is 12.6. The zero-order chi connectivity index (χ0) is 16.6. The second-order valence-corrected chi connectivity index (χ2v) is 7.05. The number of nitrogens with one attached hydrogen (secondary N) is 2. The first kappa shape index (κ1) is 15.5. The highest BCUT2D eigenvalue weighted by atomic mass is 16.5. The third-order valence-electron chi connectivity index (χ3n) is 5.76. The first-order valence-electron chi connectivity index (χ1n) is 8.77. The molecule has 1 saturated heterocycles. The molecule has 0 bridgehead atoms. The Labute approximate surface area is 142 Å². The maximum absolute atomic E-state index is 12.6. The van der Waals surface area contributed by atoms with E-state index in [1.165, 1.54) is 5.39 Å². The van der Waals surface area contributed by atoms with Gasteiger partial charge < -0.3 is 15.4 Å². The number of hydrogen-bond donors (Lipinski definition) is 2. The maximum Gasteiger partial charge on any atom is 0.223 e. The van der Waals surface area contributed by atoms with Crippen molar-refractivity contribution in [3.05, 3.63) is 42.0 Å². The fraction of sp³-hybridized carbons (Fsp3) is 0.450. The van der Waals surface area contributed by atoms with Gasteiger partial charge in [-0.2, -0.15) is 0 Å². The Kier molecular flexibility index (Phi) is 3.93. The lowest BCUT2D eigenvalue weighted by molar-refractivity contribution is -0.123. The molecule has 2 aliphatic rings. The van der Waals surface area contributed by atoms with Crippen LogP contribution in [0.2, 0.25) is 0 Å². The van der Waals surface area contributed by atoms with Gasteiger partial charge in [0.15, 0.2) is 0 Å². The lowest BCUT2D eigenvalue weighted by Crippen LogP contribution is -2.33. The van der Waals surface area contributed by atoms with Gasteiger partial charge in [-0.25, -0.2) is 0 Å². The fourth-order valence-corrected chi connectivity index (χ4v) is 4.18. The number of benzene rings is 2. The standard InChI is InChI=1S/C20H24N2O2/c1-24-18-7-6-14-4-2-3-5-15(14)16(18)13-22-19(23)17-12-20(17)8-10-21-11-9-20/h2-7,17,21H,8-13H2,1H3,(H,22,23). The normalized spacial score (nSPS) is 21.6. The summed E-state index contributed by atoms with van der Waals surface area (Å²) in [5, 5.41) is 8.86. The van der Waals surface area contributed by atoms with Gasteiger partial charge in [-0.3, -0.25) is 4.79 Å². The second kappa shape index (κ2) is 6.10. The molecule has 126 valence electrons. The van der Waals surface area contributed by atoms with Crippen LogP contribution < -0.4 is 15.4 Å². The van der Waals surface area contributed by atoms with E-state index in [0.717, 1.165) is 49.1 Å². The molecule has 1 amide bonds. The minimum atomic E-state index is 0.195. The van der Waals surface area contributed by atoms with Gasteiger partial charge in [0.1, 0.15) is 5.75 Å². The van der Waals surface area contributed by atoms with E-state index in [0.29, 0.717) is 6.54 Å². The number of hydrogen-bond acceptors (Lipinski definition) is 3. The summed E-state index contributed by atoms with van der Waals surface area (Å²) in [6, 6.07) is 12.3. The van der Waals surface area contributed by atoms with Gasteiger partial charge in [0.2, 0.25) is 5.91 Å². The number of ether oxygens (including phenoxy) is 1. The molecule has 4 heteroatoms. The van der Waals surface area contributed by atoms with Crippen LogP contribution in [0.5, 0.6) is 5.75 Å². The summed E-state index contributed by atoms with van der Waals surface area (Å²) in [5.74, 6) is 1.23. The summed E-state index contributed by atoms with van der Waals surface area (Å²) in [7, 11) is 1.68. The molecule has 4 rings (SSSR count). The van der Waals surface area contributed by atoms with Crippen LogP contribution in [0.25, 0.3) is 10.8 Å². The zero-order valence-electron chi connectivity index (χ0n) is 14.1. The SMILES string of the molecule is COc1ccc2ccccc2c1CNC(=O)C1CC12CCNCC2.